The minimum Gasteiger partial charge on any atom is -0.268 e. The van der Waals surface area contributed by atoms with Gasteiger partial charge in [0.05, 0.1) is 28.0 Å². The van der Waals surface area contributed by atoms with Crippen LogP contribution >= 0.6 is 27.5 Å². The van der Waals surface area contributed by atoms with Crippen LogP contribution in [0.25, 0.3) is 16.1 Å². The summed E-state index contributed by atoms with van der Waals surface area (Å²) < 4.78 is 2.57. The average Bonchev–Trinajstić information content (AvgIpc) is 2.63. The smallest absolute Gasteiger partial charge is 0.214 e. The first kappa shape index (κ1) is 12.2. The minimum absolute atomic E-state index is 0.468. The molecular weight excluding hydrogens is 302 g/mol. The maximum atomic E-state index is 7.26. The van der Waals surface area contributed by atoms with Crippen LogP contribution in [0.15, 0.2) is 22.8 Å². The largest absolute Gasteiger partial charge is 0.268 e. The molecule has 1 aromatic heterocycles. The zero-order valence-electron chi connectivity index (χ0n) is 9.33. The number of benzene rings is 1. The van der Waals surface area contributed by atoms with Crippen LogP contribution in [-0.2, 0) is 7.05 Å². The van der Waals surface area contributed by atoms with E-state index in [1.807, 2.05) is 26.1 Å². The topological polar surface area (TPSA) is 22.2 Å². The van der Waals surface area contributed by atoms with Gasteiger partial charge in [0.1, 0.15) is 0 Å². The Bertz CT molecular complexity index is 606. The van der Waals surface area contributed by atoms with E-state index >= 15 is 0 Å². The van der Waals surface area contributed by atoms with Gasteiger partial charge >= 0.3 is 0 Å². The third-order valence-electron chi connectivity index (χ3n) is 2.57. The van der Waals surface area contributed by atoms with Gasteiger partial charge in [-0.05, 0) is 28.4 Å². The van der Waals surface area contributed by atoms with Crippen LogP contribution in [0, 0.1) is 13.5 Å². The molecule has 86 valence electrons. The second-order valence-corrected chi connectivity index (χ2v) is 4.90. The van der Waals surface area contributed by atoms with Crippen LogP contribution in [-0.4, -0.2) is 9.78 Å². The van der Waals surface area contributed by atoms with Gasteiger partial charge in [-0.25, -0.2) is 4.85 Å². The van der Waals surface area contributed by atoms with Gasteiger partial charge in [0.15, 0.2) is 0 Å². The summed E-state index contributed by atoms with van der Waals surface area (Å²) in [6.45, 7) is 9.15. The Morgan fingerprint density at radius 3 is 2.71 bits per heavy atom. The lowest BCUT2D eigenvalue weighted by Crippen LogP contribution is -1.94. The van der Waals surface area contributed by atoms with Crippen molar-refractivity contribution >= 4 is 33.2 Å². The number of halogens is 2. The average molecular weight is 311 g/mol. The molecule has 0 N–H and O–H groups in total. The zero-order valence-corrected chi connectivity index (χ0v) is 11.7. The first-order chi connectivity index (χ1) is 8.06. The molecule has 17 heavy (non-hydrogen) atoms. The van der Waals surface area contributed by atoms with Gasteiger partial charge < -0.3 is 0 Å². The first-order valence-corrected chi connectivity index (χ1v) is 6.07. The monoisotopic (exact) mass is 309 g/mol. The molecule has 0 bridgehead atoms. The van der Waals surface area contributed by atoms with Gasteiger partial charge in [-0.3, -0.25) is 4.68 Å². The van der Waals surface area contributed by atoms with E-state index in [1.54, 1.807) is 10.9 Å². The van der Waals surface area contributed by atoms with E-state index in [-0.39, 0.29) is 0 Å². The normalized spacial score (nSPS) is 10.3. The molecule has 1 heterocycles. The Kier molecular flexibility index (Phi) is 3.23. The molecule has 2 aromatic rings. The summed E-state index contributed by atoms with van der Waals surface area (Å²) in [7, 11) is 1.83. The highest BCUT2D eigenvalue weighted by atomic mass is 79.9. The van der Waals surface area contributed by atoms with Crippen LogP contribution in [0.2, 0.25) is 5.02 Å². The van der Waals surface area contributed by atoms with Crippen molar-refractivity contribution in [2.24, 2.45) is 7.05 Å². The van der Waals surface area contributed by atoms with Gasteiger partial charge in [0.2, 0.25) is 5.69 Å². The van der Waals surface area contributed by atoms with E-state index in [2.05, 4.69) is 25.9 Å². The van der Waals surface area contributed by atoms with Crippen LogP contribution in [0.3, 0.4) is 0 Å². The van der Waals surface area contributed by atoms with Gasteiger partial charge in [0, 0.05) is 12.6 Å². The summed E-state index contributed by atoms with van der Waals surface area (Å²) in [6.07, 6.45) is 1.71. The number of aromatic nitrogens is 2. The Labute approximate surface area is 113 Å². The van der Waals surface area contributed by atoms with Gasteiger partial charge in [-0.1, -0.05) is 23.7 Å². The number of hydrogen-bond acceptors (Lipinski definition) is 1. The third-order valence-corrected chi connectivity index (χ3v) is 3.63. The molecule has 0 fully saturated rings. The molecule has 0 saturated heterocycles. The summed E-state index contributed by atoms with van der Waals surface area (Å²) in [4.78, 5) is 3.53. The van der Waals surface area contributed by atoms with Gasteiger partial charge in [0.25, 0.3) is 0 Å². The van der Waals surface area contributed by atoms with Crippen molar-refractivity contribution in [3.63, 3.8) is 0 Å². The van der Waals surface area contributed by atoms with E-state index in [9.17, 15) is 0 Å². The minimum atomic E-state index is 0.468. The fourth-order valence-corrected chi connectivity index (χ4v) is 2.45. The summed E-state index contributed by atoms with van der Waals surface area (Å²) >= 11 is 9.59. The first-order valence-electron chi connectivity index (χ1n) is 4.90. The molecule has 0 aliphatic rings. The van der Waals surface area contributed by atoms with Gasteiger partial charge in [-0.2, -0.15) is 5.10 Å². The third kappa shape index (κ3) is 1.97. The number of aryl methyl sites for hydroxylation is 2. The molecule has 1 aromatic carbocycles. The van der Waals surface area contributed by atoms with Crippen molar-refractivity contribution in [2.75, 3.05) is 0 Å². The van der Waals surface area contributed by atoms with Crippen LogP contribution < -0.4 is 0 Å². The van der Waals surface area contributed by atoms with Crippen molar-refractivity contribution in [1.29, 1.82) is 0 Å². The van der Waals surface area contributed by atoms with E-state index in [1.165, 1.54) is 0 Å². The maximum absolute atomic E-state index is 7.26. The van der Waals surface area contributed by atoms with Crippen molar-refractivity contribution in [3.8, 4) is 11.3 Å². The van der Waals surface area contributed by atoms with Crippen molar-refractivity contribution in [2.45, 2.75) is 6.92 Å². The maximum Gasteiger partial charge on any atom is 0.214 e. The Morgan fingerprint density at radius 2 is 2.18 bits per heavy atom. The van der Waals surface area contributed by atoms with E-state index in [0.29, 0.717) is 10.7 Å². The number of hydrogen-bond donors (Lipinski definition) is 0. The summed E-state index contributed by atoms with van der Waals surface area (Å²) in [5.74, 6) is 0. The molecule has 0 aliphatic carbocycles. The molecule has 5 heteroatoms. The molecule has 2 rings (SSSR count). The lowest BCUT2D eigenvalue weighted by atomic mass is 10.1. The molecule has 0 aliphatic heterocycles. The van der Waals surface area contributed by atoms with E-state index in [0.717, 1.165) is 21.3 Å². The zero-order chi connectivity index (χ0) is 12.6. The van der Waals surface area contributed by atoms with Crippen LogP contribution in [0.1, 0.15) is 5.56 Å². The summed E-state index contributed by atoms with van der Waals surface area (Å²) in [5, 5.41) is 4.65. The van der Waals surface area contributed by atoms with Crippen LogP contribution in [0.4, 0.5) is 5.69 Å². The second kappa shape index (κ2) is 4.52. The highest BCUT2D eigenvalue weighted by molar-refractivity contribution is 9.10. The molecule has 0 atom stereocenters. The summed E-state index contributed by atoms with van der Waals surface area (Å²) in [5.41, 5.74) is 3.02. The second-order valence-electron chi connectivity index (χ2n) is 3.67. The number of rotatable bonds is 1. The predicted molar refractivity (Wildman–Crippen MR) is 72.4 cm³/mol. The molecule has 0 saturated carbocycles. The van der Waals surface area contributed by atoms with Crippen LogP contribution in [0.5, 0.6) is 0 Å². The fourth-order valence-electron chi connectivity index (χ4n) is 1.68. The predicted octanol–water partition coefficient (Wildman–Crippen LogP) is 4.36. The molecule has 0 unspecified atom stereocenters. The lowest BCUT2D eigenvalue weighted by molar-refractivity contribution is 0.776. The standard InChI is InChI=1S/C12H9BrClN3/c1-7-4-5-8(11(15-2)10(7)14)12-9(13)6-16-17(12)3/h4-6H,1,3H3. The van der Waals surface area contributed by atoms with Gasteiger partial charge in [-0.15, -0.1) is 0 Å². The molecule has 0 spiro atoms. The highest BCUT2D eigenvalue weighted by Crippen LogP contribution is 2.40. The molecule has 0 amide bonds. The van der Waals surface area contributed by atoms with Crippen molar-refractivity contribution in [1.82, 2.24) is 9.78 Å². The summed E-state index contributed by atoms with van der Waals surface area (Å²) in [6, 6.07) is 3.81. The van der Waals surface area contributed by atoms with E-state index < -0.39 is 0 Å². The Balaban J connectivity index is 2.78. The lowest BCUT2D eigenvalue weighted by Gasteiger charge is -2.09. The van der Waals surface area contributed by atoms with Crippen molar-refractivity contribution < 1.29 is 0 Å². The quantitative estimate of drug-likeness (QED) is 0.717. The highest BCUT2D eigenvalue weighted by Gasteiger charge is 2.16. The number of nitrogens with zero attached hydrogens (tertiary/aromatic N) is 3. The molecular formula is C12H9BrClN3. The molecule has 3 nitrogen and oxygen atoms in total. The molecule has 0 radical (unpaired) electrons. The SMILES string of the molecule is [C-]#[N+]c1c(-c2c(Br)cnn2C)ccc(C)c1Cl. The fraction of sp³-hybridized carbons (Fsp3) is 0.167. The van der Waals surface area contributed by atoms with E-state index in [4.69, 9.17) is 18.2 Å². The van der Waals surface area contributed by atoms with Crippen molar-refractivity contribution in [3.05, 3.63) is 44.8 Å². The Hall–Kier alpha value is -1.31. The Morgan fingerprint density at radius 1 is 1.47 bits per heavy atom.